The van der Waals surface area contributed by atoms with Crippen LogP contribution in [-0.4, -0.2) is 35.1 Å². The van der Waals surface area contributed by atoms with Crippen LogP contribution in [0.2, 0.25) is 10.0 Å². The number of benzene rings is 1. The number of rotatable bonds is 6. The number of hydrogen-bond donors (Lipinski definition) is 1. The SMILES string of the molecule is CCN(CC)C(Cc1cc(Cl)cc(Cl)c1)C(=O)O. The molecule has 0 heterocycles. The Hall–Kier alpha value is -0.770. The lowest BCUT2D eigenvalue weighted by Crippen LogP contribution is -2.42. The van der Waals surface area contributed by atoms with Crippen LogP contribution in [-0.2, 0) is 11.2 Å². The van der Waals surface area contributed by atoms with Crippen molar-refractivity contribution in [1.29, 1.82) is 0 Å². The molecule has 1 N–H and O–H groups in total. The second-order valence-electron chi connectivity index (χ2n) is 4.06. The third-order valence-corrected chi connectivity index (χ3v) is 3.33. The highest BCUT2D eigenvalue weighted by Crippen LogP contribution is 2.21. The fourth-order valence-electron chi connectivity index (χ4n) is 1.99. The molecule has 5 heteroatoms. The third-order valence-electron chi connectivity index (χ3n) is 2.89. The minimum absolute atomic E-state index is 0.400. The maximum atomic E-state index is 11.3. The molecule has 0 amide bonds. The van der Waals surface area contributed by atoms with E-state index in [1.165, 1.54) is 0 Å². The molecule has 0 spiro atoms. The van der Waals surface area contributed by atoms with Gasteiger partial charge in [0.1, 0.15) is 6.04 Å². The number of nitrogens with zero attached hydrogens (tertiary/aromatic N) is 1. The normalized spacial score (nSPS) is 12.7. The molecule has 0 radical (unpaired) electrons. The number of aliphatic carboxylic acids is 1. The average Bonchev–Trinajstić information content (AvgIpc) is 2.27. The van der Waals surface area contributed by atoms with Gasteiger partial charge in [-0.15, -0.1) is 0 Å². The topological polar surface area (TPSA) is 40.5 Å². The largest absolute Gasteiger partial charge is 0.480 e. The number of carboxylic acid groups (broad SMARTS) is 1. The Bertz CT molecular complexity index is 399. The van der Waals surface area contributed by atoms with Crippen LogP contribution < -0.4 is 0 Å². The van der Waals surface area contributed by atoms with Gasteiger partial charge in [-0.1, -0.05) is 37.0 Å². The van der Waals surface area contributed by atoms with E-state index in [2.05, 4.69) is 0 Å². The zero-order chi connectivity index (χ0) is 13.7. The molecule has 0 aliphatic rings. The number of likely N-dealkylation sites (N-methyl/N-ethyl adjacent to an activating group) is 1. The lowest BCUT2D eigenvalue weighted by Gasteiger charge is -2.26. The number of carboxylic acids is 1. The van der Waals surface area contributed by atoms with E-state index < -0.39 is 12.0 Å². The number of carbonyl (C=O) groups is 1. The fourth-order valence-corrected chi connectivity index (χ4v) is 2.56. The van der Waals surface area contributed by atoms with Crippen molar-refractivity contribution >= 4 is 29.2 Å². The van der Waals surface area contributed by atoms with E-state index in [0.717, 1.165) is 5.56 Å². The summed E-state index contributed by atoms with van der Waals surface area (Å²) in [6, 6.07) is 4.61. The summed E-state index contributed by atoms with van der Waals surface area (Å²) in [5.41, 5.74) is 0.840. The van der Waals surface area contributed by atoms with Gasteiger partial charge in [-0.05, 0) is 43.3 Å². The Morgan fingerprint density at radius 2 is 1.72 bits per heavy atom. The molecule has 0 saturated heterocycles. The van der Waals surface area contributed by atoms with E-state index >= 15 is 0 Å². The summed E-state index contributed by atoms with van der Waals surface area (Å²) < 4.78 is 0. The van der Waals surface area contributed by atoms with Crippen LogP contribution in [0.5, 0.6) is 0 Å². The summed E-state index contributed by atoms with van der Waals surface area (Å²) in [6.45, 7) is 5.29. The second kappa shape index (κ2) is 6.98. The predicted molar refractivity (Wildman–Crippen MR) is 74.5 cm³/mol. The summed E-state index contributed by atoms with van der Waals surface area (Å²) in [6.07, 6.45) is 0.400. The molecule has 1 atom stereocenters. The molecule has 1 aromatic rings. The maximum absolute atomic E-state index is 11.3. The van der Waals surface area contributed by atoms with Gasteiger partial charge in [0.05, 0.1) is 0 Å². The molecular formula is C13H17Cl2NO2. The highest BCUT2D eigenvalue weighted by Gasteiger charge is 2.23. The standard InChI is InChI=1S/C13H17Cl2NO2/c1-3-16(4-2)12(13(17)18)7-9-5-10(14)8-11(15)6-9/h5-6,8,12H,3-4,7H2,1-2H3,(H,17,18). The van der Waals surface area contributed by atoms with E-state index in [0.29, 0.717) is 29.6 Å². The molecule has 1 aromatic carbocycles. The molecule has 0 bridgehead atoms. The van der Waals surface area contributed by atoms with E-state index in [-0.39, 0.29) is 0 Å². The first-order valence-corrected chi connectivity index (χ1v) is 6.65. The molecule has 0 saturated carbocycles. The molecular weight excluding hydrogens is 273 g/mol. The summed E-state index contributed by atoms with van der Waals surface area (Å²) in [7, 11) is 0. The van der Waals surface area contributed by atoms with Crippen molar-refractivity contribution in [2.75, 3.05) is 13.1 Å². The van der Waals surface area contributed by atoms with Crippen molar-refractivity contribution < 1.29 is 9.90 Å². The Balaban J connectivity index is 2.92. The number of hydrogen-bond acceptors (Lipinski definition) is 2. The molecule has 0 fully saturated rings. The molecule has 0 aliphatic carbocycles. The van der Waals surface area contributed by atoms with Gasteiger partial charge < -0.3 is 5.11 Å². The van der Waals surface area contributed by atoms with Gasteiger partial charge in [0.15, 0.2) is 0 Å². The Morgan fingerprint density at radius 3 is 2.11 bits per heavy atom. The first-order valence-electron chi connectivity index (χ1n) is 5.89. The van der Waals surface area contributed by atoms with Crippen LogP contribution in [0.4, 0.5) is 0 Å². The fraction of sp³-hybridized carbons (Fsp3) is 0.462. The van der Waals surface area contributed by atoms with Gasteiger partial charge in [-0.3, -0.25) is 9.69 Å². The van der Waals surface area contributed by atoms with E-state index in [1.54, 1.807) is 18.2 Å². The average molecular weight is 290 g/mol. The lowest BCUT2D eigenvalue weighted by molar-refractivity contribution is -0.143. The zero-order valence-electron chi connectivity index (χ0n) is 10.5. The van der Waals surface area contributed by atoms with Crippen LogP contribution in [0.15, 0.2) is 18.2 Å². The third kappa shape index (κ3) is 4.16. The van der Waals surface area contributed by atoms with Crippen molar-refractivity contribution in [3.63, 3.8) is 0 Å². The quantitative estimate of drug-likeness (QED) is 0.873. The molecule has 1 rings (SSSR count). The Labute approximate surface area is 117 Å². The summed E-state index contributed by atoms with van der Waals surface area (Å²) >= 11 is 11.8. The zero-order valence-corrected chi connectivity index (χ0v) is 12.0. The lowest BCUT2D eigenvalue weighted by atomic mass is 10.0. The molecule has 1 unspecified atom stereocenters. The van der Waals surface area contributed by atoms with Crippen LogP contribution in [0, 0.1) is 0 Å². The second-order valence-corrected chi connectivity index (χ2v) is 4.93. The van der Waals surface area contributed by atoms with E-state index in [1.807, 2.05) is 18.7 Å². The van der Waals surface area contributed by atoms with Crippen molar-refractivity contribution in [2.24, 2.45) is 0 Å². The molecule has 3 nitrogen and oxygen atoms in total. The van der Waals surface area contributed by atoms with Gasteiger partial charge in [0.2, 0.25) is 0 Å². The van der Waals surface area contributed by atoms with Crippen LogP contribution in [0.25, 0.3) is 0 Å². The van der Waals surface area contributed by atoms with Crippen LogP contribution >= 0.6 is 23.2 Å². The first-order chi connectivity index (χ1) is 8.47. The highest BCUT2D eigenvalue weighted by molar-refractivity contribution is 6.34. The van der Waals surface area contributed by atoms with Gasteiger partial charge >= 0.3 is 5.97 Å². The molecule has 18 heavy (non-hydrogen) atoms. The van der Waals surface area contributed by atoms with Gasteiger partial charge in [0, 0.05) is 10.0 Å². The van der Waals surface area contributed by atoms with Crippen molar-refractivity contribution in [2.45, 2.75) is 26.3 Å². The molecule has 0 aliphatic heterocycles. The Morgan fingerprint density at radius 1 is 1.22 bits per heavy atom. The highest BCUT2D eigenvalue weighted by atomic mass is 35.5. The smallest absolute Gasteiger partial charge is 0.321 e. The molecule has 0 aromatic heterocycles. The summed E-state index contributed by atoms with van der Waals surface area (Å²) in [5, 5.41) is 10.4. The monoisotopic (exact) mass is 289 g/mol. The number of halogens is 2. The first kappa shape index (κ1) is 15.3. The van der Waals surface area contributed by atoms with Crippen molar-refractivity contribution in [3.05, 3.63) is 33.8 Å². The minimum atomic E-state index is -0.824. The van der Waals surface area contributed by atoms with Gasteiger partial charge in [0.25, 0.3) is 0 Å². The van der Waals surface area contributed by atoms with Crippen LogP contribution in [0.1, 0.15) is 19.4 Å². The van der Waals surface area contributed by atoms with Crippen molar-refractivity contribution in [3.8, 4) is 0 Å². The predicted octanol–water partition coefficient (Wildman–Crippen LogP) is 3.33. The van der Waals surface area contributed by atoms with Gasteiger partial charge in [-0.2, -0.15) is 0 Å². The molecule has 100 valence electrons. The van der Waals surface area contributed by atoms with Crippen molar-refractivity contribution in [1.82, 2.24) is 4.90 Å². The minimum Gasteiger partial charge on any atom is -0.480 e. The maximum Gasteiger partial charge on any atom is 0.321 e. The van der Waals surface area contributed by atoms with E-state index in [9.17, 15) is 9.90 Å². The Kier molecular flexibility index (Phi) is 5.93. The summed E-state index contributed by atoms with van der Waals surface area (Å²) in [5.74, 6) is -0.824. The van der Waals surface area contributed by atoms with Crippen LogP contribution in [0.3, 0.4) is 0 Å². The summed E-state index contributed by atoms with van der Waals surface area (Å²) in [4.78, 5) is 13.2. The van der Waals surface area contributed by atoms with Gasteiger partial charge in [-0.25, -0.2) is 0 Å². The van der Waals surface area contributed by atoms with E-state index in [4.69, 9.17) is 23.2 Å².